The molecule has 0 fully saturated rings. The van der Waals surface area contributed by atoms with Crippen molar-refractivity contribution < 1.29 is 13.9 Å². The molecule has 0 atom stereocenters. The number of ether oxygens (including phenoxy) is 2. The molecular formula is C17H20FNO2. The average Bonchev–Trinajstić information content (AvgIpc) is 2.51. The first-order valence-corrected chi connectivity index (χ1v) is 6.97. The Bertz CT molecular complexity index is 587. The van der Waals surface area contributed by atoms with Gasteiger partial charge in [0.1, 0.15) is 12.4 Å². The molecule has 0 amide bonds. The zero-order chi connectivity index (χ0) is 15.1. The molecule has 2 aromatic rings. The Kier molecular flexibility index (Phi) is 5.58. The van der Waals surface area contributed by atoms with Crippen molar-refractivity contribution in [1.82, 2.24) is 0 Å². The van der Waals surface area contributed by atoms with Crippen molar-refractivity contribution >= 4 is 0 Å². The number of aryl methyl sites for hydroxylation is 1. The van der Waals surface area contributed by atoms with E-state index in [2.05, 4.69) is 0 Å². The van der Waals surface area contributed by atoms with E-state index < -0.39 is 0 Å². The standard InChI is InChI=1S/C17H20FNO2/c1-20-16-9-3-6-14(7-4-10-19)17(16)21-12-13-5-2-8-15(18)11-13/h2-3,5-6,8-9,11H,4,7,10,12,19H2,1H3. The van der Waals surface area contributed by atoms with Crippen LogP contribution in [0.15, 0.2) is 42.5 Å². The van der Waals surface area contributed by atoms with Gasteiger partial charge in [0.2, 0.25) is 0 Å². The van der Waals surface area contributed by atoms with Gasteiger partial charge in [-0.1, -0.05) is 24.3 Å². The molecule has 2 aromatic carbocycles. The quantitative estimate of drug-likeness (QED) is 0.850. The summed E-state index contributed by atoms with van der Waals surface area (Å²) in [6.07, 6.45) is 1.70. The summed E-state index contributed by atoms with van der Waals surface area (Å²) in [5, 5.41) is 0. The molecular weight excluding hydrogens is 269 g/mol. The number of hydrogen-bond acceptors (Lipinski definition) is 3. The molecule has 0 unspecified atom stereocenters. The number of nitrogens with two attached hydrogens (primary N) is 1. The molecule has 0 spiro atoms. The molecule has 0 aliphatic carbocycles. The summed E-state index contributed by atoms with van der Waals surface area (Å²) in [7, 11) is 1.61. The zero-order valence-electron chi connectivity index (χ0n) is 12.1. The smallest absolute Gasteiger partial charge is 0.164 e. The maximum atomic E-state index is 13.2. The van der Waals surface area contributed by atoms with Crippen LogP contribution < -0.4 is 15.2 Å². The minimum atomic E-state index is -0.264. The van der Waals surface area contributed by atoms with Gasteiger partial charge in [-0.25, -0.2) is 4.39 Å². The number of hydrogen-bond donors (Lipinski definition) is 1. The molecule has 0 aliphatic heterocycles. The lowest BCUT2D eigenvalue weighted by molar-refractivity contribution is 0.281. The maximum Gasteiger partial charge on any atom is 0.164 e. The number of rotatable bonds is 7. The third kappa shape index (κ3) is 4.20. The Labute approximate surface area is 124 Å². The number of methoxy groups -OCH3 is 1. The Morgan fingerprint density at radius 3 is 2.67 bits per heavy atom. The van der Waals surface area contributed by atoms with E-state index in [0.29, 0.717) is 24.7 Å². The monoisotopic (exact) mass is 289 g/mol. The fraction of sp³-hybridized carbons (Fsp3) is 0.294. The minimum absolute atomic E-state index is 0.264. The first-order valence-electron chi connectivity index (χ1n) is 6.97. The van der Waals surface area contributed by atoms with Crippen molar-refractivity contribution in [2.45, 2.75) is 19.4 Å². The second-order valence-electron chi connectivity index (χ2n) is 4.76. The first kappa shape index (κ1) is 15.3. The van der Waals surface area contributed by atoms with Crippen molar-refractivity contribution in [3.63, 3.8) is 0 Å². The van der Waals surface area contributed by atoms with Crippen LogP contribution in [0.3, 0.4) is 0 Å². The van der Waals surface area contributed by atoms with E-state index in [0.717, 1.165) is 24.0 Å². The van der Waals surface area contributed by atoms with Crippen molar-refractivity contribution in [1.29, 1.82) is 0 Å². The van der Waals surface area contributed by atoms with Crippen LogP contribution in [0.1, 0.15) is 17.5 Å². The molecule has 0 radical (unpaired) electrons. The largest absolute Gasteiger partial charge is 0.493 e. The summed E-state index contributed by atoms with van der Waals surface area (Å²) in [4.78, 5) is 0. The molecule has 4 heteroatoms. The van der Waals surface area contributed by atoms with Gasteiger partial charge in [0.15, 0.2) is 11.5 Å². The highest BCUT2D eigenvalue weighted by molar-refractivity contribution is 5.46. The second-order valence-corrected chi connectivity index (χ2v) is 4.76. The van der Waals surface area contributed by atoms with E-state index in [-0.39, 0.29) is 5.82 Å². The Balaban J connectivity index is 2.16. The van der Waals surface area contributed by atoms with Gasteiger partial charge in [-0.2, -0.15) is 0 Å². The summed E-state index contributed by atoms with van der Waals surface area (Å²) in [5.41, 5.74) is 7.40. The molecule has 0 saturated heterocycles. The van der Waals surface area contributed by atoms with Gasteiger partial charge in [-0.3, -0.25) is 0 Å². The van der Waals surface area contributed by atoms with Gasteiger partial charge < -0.3 is 15.2 Å². The third-order valence-electron chi connectivity index (χ3n) is 3.20. The van der Waals surface area contributed by atoms with Crippen LogP contribution >= 0.6 is 0 Å². The molecule has 0 aliphatic rings. The normalized spacial score (nSPS) is 10.4. The van der Waals surface area contributed by atoms with Crippen LogP contribution in [0.25, 0.3) is 0 Å². The Morgan fingerprint density at radius 1 is 1.14 bits per heavy atom. The first-order chi connectivity index (χ1) is 10.2. The summed E-state index contributed by atoms with van der Waals surface area (Å²) in [6.45, 7) is 0.925. The average molecular weight is 289 g/mol. The van der Waals surface area contributed by atoms with Crippen LogP contribution in [0.2, 0.25) is 0 Å². The maximum absolute atomic E-state index is 13.2. The van der Waals surface area contributed by atoms with Gasteiger partial charge in [0, 0.05) is 0 Å². The third-order valence-corrected chi connectivity index (χ3v) is 3.20. The van der Waals surface area contributed by atoms with Gasteiger partial charge in [-0.05, 0) is 48.7 Å². The molecule has 2 rings (SSSR count). The van der Waals surface area contributed by atoms with Crippen LogP contribution in [0.5, 0.6) is 11.5 Å². The lowest BCUT2D eigenvalue weighted by atomic mass is 10.1. The van der Waals surface area contributed by atoms with Gasteiger partial charge >= 0.3 is 0 Å². The lowest BCUT2D eigenvalue weighted by Gasteiger charge is -2.15. The van der Waals surface area contributed by atoms with E-state index in [9.17, 15) is 4.39 Å². The van der Waals surface area contributed by atoms with Crippen molar-refractivity contribution in [3.8, 4) is 11.5 Å². The SMILES string of the molecule is COc1cccc(CCCN)c1OCc1cccc(F)c1. The molecule has 112 valence electrons. The van der Waals surface area contributed by atoms with Crippen LogP contribution in [0, 0.1) is 5.82 Å². The van der Waals surface area contributed by atoms with E-state index >= 15 is 0 Å². The highest BCUT2D eigenvalue weighted by Gasteiger charge is 2.10. The minimum Gasteiger partial charge on any atom is -0.493 e. The van der Waals surface area contributed by atoms with E-state index in [1.165, 1.54) is 12.1 Å². The highest BCUT2D eigenvalue weighted by atomic mass is 19.1. The second kappa shape index (κ2) is 7.64. The predicted molar refractivity (Wildman–Crippen MR) is 81.1 cm³/mol. The summed E-state index contributed by atoms with van der Waals surface area (Å²) >= 11 is 0. The van der Waals surface area contributed by atoms with E-state index in [1.807, 2.05) is 24.3 Å². The van der Waals surface area contributed by atoms with Crippen molar-refractivity contribution in [2.24, 2.45) is 5.73 Å². The van der Waals surface area contributed by atoms with Gasteiger partial charge in [0.25, 0.3) is 0 Å². The summed E-state index contributed by atoms with van der Waals surface area (Å²) in [5.74, 6) is 1.12. The fourth-order valence-electron chi connectivity index (χ4n) is 2.16. The topological polar surface area (TPSA) is 44.5 Å². The molecule has 3 nitrogen and oxygen atoms in total. The van der Waals surface area contributed by atoms with E-state index in [1.54, 1.807) is 13.2 Å². The Hall–Kier alpha value is -2.07. The number of benzene rings is 2. The summed E-state index contributed by atoms with van der Waals surface area (Å²) < 4.78 is 24.4. The molecule has 0 saturated carbocycles. The van der Waals surface area contributed by atoms with Crippen LogP contribution in [-0.2, 0) is 13.0 Å². The molecule has 0 aromatic heterocycles. The summed E-state index contributed by atoms with van der Waals surface area (Å²) in [6, 6.07) is 12.2. The van der Waals surface area contributed by atoms with E-state index in [4.69, 9.17) is 15.2 Å². The van der Waals surface area contributed by atoms with Crippen LogP contribution in [-0.4, -0.2) is 13.7 Å². The lowest BCUT2D eigenvalue weighted by Crippen LogP contribution is -2.04. The molecule has 0 bridgehead atoms. The fourth-order valence-corrected chi connectivity index (χ4v) is 2.16. The number of para-hydroxylation sites is 1. The highest BCUT2D eigenvalue weighted by Crippen LogP contribution is 2.32. The van der Waals surface area contributed by atoms with Crippen LogP contribution in [0.4, 0.5) is 4.39 Å². The molecule has 2 N–H and O–H groups in total. The number of halogens is 1. The Morgan fingerprint density at radius 2 is 1.95 bits per heavy atom. The molecule has 0 heterocycles. The van der Waals surface area contributed by atoms with Gasteiger partial charge in [-0.15, -0.1) is 0 Å². The van der Waals surface area contributed by atoms with Crippen molar-refractivity contribution in [2.75, 3.05) is 13.7 Å². The molecule has 21 heavy (non-hydrogen) atoms. The van der Waals surface area contributed by atoms with Gasteiger partial charge in [0.05, 0.1) is 7.11 Å². The van der Waals surface area contributed by atoms with Crippen molar-refractivity contribution in [3.05, 3.63) is 59.4 Å². The predicted octanol–water partition coefficient (Wildman–Crippen LogP) is 3.30. The zero-order valence-corrected chi connectivity index (χ0v) is 12.1.